The van der Waals surface area contributed by atoms with Gasteiger partial charge < -0.3 is 15.3 Å². The van der Waals surface area contributed by atoms with E-state index >= 15 is 0 Å². The minimum Gasteiger partial charge on any atom is -0.465 e. The third-order valence-corrected chi connectivity index (χ3v) is 4.35. The molecule has 1 aliphatic carbocycles. The van der Waals surface area contributed by atoms with E-state index in [2.05, 4.69) is 20.2 Å². The molecule has 7 heteroatoms. The molecule has 1 amide bonds. The van der Waals surface area contributed by atoms with Crippen molar-refractivity contribution in [2.75, 3.05) is 18.0 Å². The Labute approximate surface area is 128 Å². The van der Waals surface area contributed by atoms with Crippen LogP contribution in [0.25, 0.3) is 0 Å². The van der Waals surface area contributed by atoms with E-state index in [1.807, 2.05) is 0 Å². The highest BCUT2D eigenvalue weighted by atomic mass is 35.5. The Morgan fingerprint density at radius 1 is 1.29 bits per heavy atom. The summed E-state index contributed by atoms with van der Waals surface area (Å²) in [4.78, 5) is 21.8. The van der Waals surface area contributed by atoms with E-state index in [-0.39, 0.29) is 6.04 Å². The zero-order chi connectivity index (χ0) is 14.8. The molecule has 1 aromatic heterocycles. The molecule has 1 fully saturated rings. The molecule has 1 aliphatic heterocycles. The molecule has 1 atom stereocenters. The number of carbonyl (C=O) groups is 1. The maximum Gasteiger partial charge on any atom is 0.404 e. The maximum absolute atomic E-state index is 10.8. The van der Waals surface area contributed by atoms with E-state index in [1.165, 1.54) is 5.56 Å². The van der Waals surface area contributed by atoms with Crippen LogP contribution in [0.3, 0.4) is 0 Å². The third kappa shape index (κ3) is 3.20. The van der Waals surface area contributed by atoms with Crippen LogP contribution in [0.15, 0.2) is 0 Å². The summed E-state index contributed by atoms with van der Waals surface area (Å²) < 4.78 is 0. The number of halogens is 1. The van der Waals surface area contributed by atoms with Gasteiger partial charge in [0.15, 0.2) is 0 Å². The van der Waals surface area contributed by atoms with Gasteiger partial charge in [-0.3, -0.25) is 0 Å². The topological polar surface area (TPSA) is 78.4 Å². The molecule has 0 saturated carbocycles. The Balaban J connectivity index is 1.85. The maximum atomic E-state index is 10.8. The van der Waals surface area contributed by atoms with Crippen molar-refractivity contribution in [2.24, 2.45) is 0 Å². The largest absolute Gasteiger partial charge is 0.465 e. The molecule has 2 N–H and O–H groups in total. The number of anilines is 1. The van der Waals surface area contributed by atoms with E-state index in [4.69, 9.17) is 16.7 Å². The number of carboxylic acid groups (broad SMARTS) is 1. The number of aromatic nitrogens is 2. The van der Waals surface area contributed by atoms with Crippen molar-refractivity contribution in [3.63, 3.8) is 0 Å². The van der Waals surface area contributed by atoms with Gasteiger partial charge in [-0.05, 0) is 50.1 Å². The van der Waals surface area contributed by atoms with Crippen LogP contribution in [-0.2, 0) is 12.8 Å². The number of piperidine rings is 1. The first kappa shape index (κ1) is 14.4. The van der Waals surface area contributed by atoms with Crippen molar-refractivity contribution < 1.29 is 9.90 Å². The molecule has 114 valence electrons. The number of nitrogens with zero attached hydrogens (tertiary/aromatic N) is 3. The van der Waals surface area contributed by atoms with Crippen molar-refractivity contribution in [3.05, 3.63) is 16.5 Å². The average Bonchev–Trinajstić information content (AvgIpc) is 2.46. The van der Waals surface area contributed by atoms with Gasteiger partial charge in [-0.2, -0.15) is 0 Å². The van der Waals surface area contributed by atoms with Gasteiger partial charge in [0.25, 0.3) is 0 Å². The summed E-state index contributed by atoms with van der Waals surface area (Å²) in [6.45, 7) is 1.53. The molecule has 3 rings (SSSR count). The quantitative estimate of drug-likeness (QED) is 0.819. The monoisotopic (exact) mass is 310 g/mol. The Morgan fingerprint density at radius 2 is 2.10 bits per heavy atom. The van der Waals surface area contributed by atoms with E-state index < -0.39 is 6.09 Å². The highest BCUT2D eigenvalue weighted by molar-refractivity contribution is 6.28. The smallest absolute Gasteiger partial charge is 0.404 e. The van der Waals surface area contributed by atoms with Crippen molar-refractivity contribution in [1.82, 2.24) is 15.3 Å². The number of rotatable bonds is 2. The van der Waals surface area contributed by atoms with E-state index in [0.717, 1.165) is 56.6 Å². The highest BCUT2D eigenvalue weighted by Gasteiger charge is 2.26. The summed E-state index contributed by atoms with van der Waals surface area (Å²) in [6.07, 6.45) is 5.07. The highest BCUT2D eigenvalue weighted by Crippen LogP contribution is 2.30. The summed E-state index contributed by atoms with van der Waals surface area (Å²) in [5.41, 5.74) is 2.26. The molecule has 0 bridgehead atoms. The second-order valence-corrected chi connectivity index (χ2v) is 6.02. The minimum atomic E-state index is -0.968. The van der Waals surface area contributed by atoms with Crippen LogP contribution in [0.5, 0.6) is 0 Å². The number of fused-ring (bicyclic) bond motifs is 1. The first-order chi connectivity index (χ1) is 10.1. The molecule has 2 heterocycles. The lowest BCUT2D eigenvalue weighted by Crippen LogP contribution is -2.48. The van der Waals surface area contributed by atoms with Crippen molar-refractivity contribution in [1.29, 1.82) is 0 Å². The molecule has 2 aliphatic rings. The molecule has 0 aromatic carbocycles. The van der Waals surface area contributed by atoms with Crippen molar-refractivity contribution >= 4 is 23.5 Å². The molecule has 1 saturated heterocycles. The average molecular weight is 311 g/mol. The van der Waals surface area contributed by atoms with Gasteiger partial charge in [-0.25, -0.2) is 14.8 Å². The van der Waals surface area contributed by atoms with Gasteiger partial charge in [0.1, 0.15) is 5.82 Å². The van der Waals surface area contributed by atoms with Gasteiger partial charge in [-0.1, -0.05) is 0 Å². The summed E-state index contributed by atoms with van der Waals surface area (Å²) in [6, 6.07) is -0.0516. The molecule has 6 nitrogen and oxygen atoms in total. The first-order valence-electron chi connectivity index (χ1n) is 7.43. The Hall–Kier alpha value is -1.56. The van der Waals surface area contributed by atoms with Crippen LogP contribution in [0.1, 0.15) is 36.9 Å². The molecule has 21 heavy (non-hydrogen) atoms. The van der Waals surface area contributed by atoms with E-state index in [0.29, 0.717) is 11.8 Å². The summed E-state index contributed by atoms with van der Waals surface area (Å²) in [7, 11) is 0. The first-order valence-corrected chi connectivity index (χ1v) is 7.81. The van der Waals surface area contributed by atoms with Crippen LogP contribution >= 0.6 is 11.6 Å². The fourth-order valence-corrected chi connectivity index (χ4v) is 3.45. The van der Waals surface area contributed by atoms with Gasteiger partial charge in [0.05, 0.1) is 5.69 Å². The number of amides is 1. The zero-order valence-electron chi connectivity index (χ0n) is 11.8. The normalized spacial score (nSPS) is 21.8. The van der Waals surface area contributed by atoms with Crippen LogP contribution in [0.2, 0.25) is 5.28 Å². The van der Waals surface area contributed by atoms with E-state index in [1.54, 1.807) is 0 Å². The SMILES string of the molecule is O=C(O)N[C@@H]1CCCN(c2nc(Cl)nc3c2CCCC3)C1. The van der Waals surface area contributed by atoms with Gasteiger partial charge in [0, 0.05) is 24.7 Å². The Morgan fingerprint density at radius 3 is 2.90 bits per heavy atom. The van der Waals surface area contributed by atoms with Crippen LogP contribution in [-0.4, -0.2) is 40.3 Å². The zero-order valence-corrected chi connectivity index (χ0v) is 12.6. The lowest BCUT2D eigenvalue weighted by molar-refractivity contribution is 0.188. The van der Waals surface area contributed by atoms with Gasteiger partial charge in [0.2, 0.25) is 5.28 Å². The van der Waals surface area contributed by atoms with Crippen LogP contribution in [0.4, 0.5) is 10.6 Å². The van der Waals surface area contributed by atoms with Crippen LogP contribution < -0.4 is 10.2 Å². The lowest BCUT2D eigenvalue weighted by Gasteiger charge is -2.35. The predicted octanol–water partition coefficient (Wildman–Crippen LogP) is 2.25. The standard InChI is InChI=1S/C14H19ClN4O2/c15-13-17-11-6-2-1-5-10(11)12(18-13)19-7-3-4-9(8-19)16-14(20)21/h9,16H,1-8H2,(H,20,21)/t9-/m1/s1. The molecule has 0 unspecified atom stereocenters. The third-order valence-electron chi connectivity index (χ3n) is 4.18. The van der Waals surface area contributed by atoms with E-state index in [9.17, 15) is 4.79 Å². The Bertz CT molecular complexity index is 552. The molecule has 1 aromatic rings. The Kier molecular flexibility index (Phi) is 4.14. The fourth-order valence-electron chi connectivity index (χ4n) is 3.27. The van der Waals surface area contributed by atoms with Crippen LogP contribution in [0, 0.1) is 0 Å². The molecular weight excluding hydrogens is 292 g/mol. The predicted molar refractivity (Wildman–Crippen MR) is 80.1 cm³/mol. The number of hydrogen-bond donors (Lipinski definition) is 2. The van der Waals surface area contributed by atoms with Gasteiger partial charge in [-0.15, -0.1) is 0 Å². The van der Waals surface area contributed by atoms with Crippen molar-refractivity contribution in [3.8, 4) is 0 Å². The molecule has 0 spiro atoms. The second-order valence-electron chi connectivity index (χ2n) is 5.68. The van der Waals surface area contributed by atoms with Gasteiger partial charge >= 0.3 is 6.09 Å². The molecular formula is C14H19ClN4O2. The number of hydrogen-bond acceptors (Lipinski definition) is 4. The molecule has 0 radical (unpaired) electrons. The number of nitrogens with one attached hydrogen (secondary N) is 1. The number of aryl methyl sites for hydroxylation is 1. The summed E-state index contributed by atoms with van der Waals surface area (Å²) in [5.74, 6) is 0.904. The fraction of sp³-hybridized carbons (Fsp3) is 0.643. The second kappa shape index (κ2) is 6.05. The van der Waals surface area contributed by atoms with Crippen molar-refractivity contribution in [2.45, 2.75) is 44.6 Å². The lowest BCUT2D eigenvalue weighted by atomic mass is 9.95. The summed E-state index contributed by atoms with van der Waals surface area (Å²) in [5, 5.41) is 11.7. The summed E-state index contributed by atoms with van der Waals surface area (Å²) >= 11 is 6.06. The minimum absolute atomic E-state index is 0.0516.